The summed E-state index contributed by atoms with van der Waals surface area (Å²) in [4.78, 5) is 0. The standard InChI is InChI=1S/C17H27NO2/c1-4-7-19-17-11-14(5-6-16(17)18)20-15-9-12(2)8-13(3)10-15/h5-6,11-13,15H,4,7-10,18H2,1-3H3. The molecule has 112 valence electrons. The van der Waals surface area contributed by atoms with E-state index in [1.807, 2.05) is 18.2 Å². The van der Waals surface area contributed by atoms with Crippen LogP contribution in [0.25, 0.3) is 0 Å². The second-order valence-corrected chi connectivity index (χ2v) is 6.21. The molecule has 1 aliphatic rings. The van der Waals surface area contributed by atoms with Crippen LogP contribution in [0.4, 0.5) is 5.69 Å². The van der Waals surface area contributed by atoms with E-state index in [0.29, 0.717) is 18.4 Å². The fourth-order valence-electron chi connectivity index (χ4n) is 3.09. The SMILES string of the molecule is CCCOc1cc(OC2CC(C)CC(C)C2)ccc1N. The van der Waals surface area contributed by atoms with Gasteiger partial charge in [-0.1, -0.05) is 20.8 Å². The molecule has 0 bridgehead atoms. The van der Waals surface area contributed by atoms with Crippen molar-refractivity contribution in [1.29, 1.82) is 0 Å². The largest absolute Gasteiger partial charge is 0.491 e. The number of anilines is 1. The zero-order chi connectivity index (χ0) is 14.5. The first kappa shape index (κ1) is 15.0. The summed E-state index contributed by atoms with van der Waals surface area (Å²) >= 11 is 0. The van der Waals surface area contributed by atoms with Crippen molar-refractivity contribution in [1.82, 2.24) is 0 Å². The fourth-order valence-corrected chi connectivity index (χ4v) is 3.09. The molecule has 0 aromatic heterocycles. The third-order valence-electron chi connectivity index (χ3n) is 3.88. The van der Waals surface area contributed by atoms with Crippen LogP contribution in [0.5, 0.6) is 11.5 Å². The Hall–Kier alpha value is -1.38. The number of ether oxygens (including phenoxy) is 2. The summed E-state index contributed by atoms with van der Waals surface area (Å²) in [5.41, 5.74) is 6.60. The molecule has 0 amide bonds. The third-order valence-corrected chi connectivity index (χ3v) is 3.88. The molecule has 1 aromatic carbocycles. The summed E-state index contributed by atoms with van der Waals surface area (Å²) in [6.07, 6.45) is 4.88. The highest BCUT2D eigenvalue weighted by molar-refractivity contribution is 5.55. The first-order valence-corrected chi connectivity index (χ1v) is 7.77. The maximum Gasteiger partial charge on any atom is 0.145 e. The lowest BCUT2D eigenvalue weighted by molar-refractivity contribution is 0.101. The van der Waals surface area contributed by atoms with Crippen LogP contribution < -0.4 is 15.2 Å². The minimum atomic E-state index is 0.316. The Bertz CT molecular complexity index is 423. The topological polar surface area (TPSA) is 44.5 Å². The molecule has 1 saturated carbocycles. The second-order valence-electron chi connectivity index (χ2n) is 6.21. The number of nitrogen functional groups attached to an aromatic ring is 1. The maximum atomic E-state index is 6.14. The van der Waals surface area contributed by atoms with Gasteiger partial charge in [-0.2, -0.15) is 0 Å². The molecule has 0 heterocycles. The first-order valence-electron chi connectivity index (χ1n) is 7.77. The smallest absolute Gasteiger partial charge is 0.145 e. The van der Waals surface area contributed by atoms with Crippen molar-refractivity contribution >= 4 is 5.69 Å². The summed E-state index contributed by atoms with van der Waals surface area (Å²) in [5, 5.41) is 0. The minimum absolute atomic E-state index is 0.316. The average Bonchev–Trinajstić information content (AvgIpc) is 2.38. The van der Waals surface area contributed by atoms with Crippen LogP contribution in [0, 0.1) is 11.8 Å². The van der Waals surface area contributed by atoms with E-state index in [4.69, 9.17) is 15.2 Å². The number of hydrogen-bond donors (Lipinski definition) is 1. The van der Waals surface area contributed by atoms with Crippen LogP contribution in [-0.4, -0.2) is 12.7 Å². The van der Waals surface area contributed by atoms with Crippen molar-refractivity contribution in [3.05, 3.63) is 18.2 Å². The van der Waals surface area contributed by atoms with Gasteiger partial charge in [0.05, 0.1) is 18.4 Å². The van der Waals surface area contributed by atoms with E-state index < -0.39 is 0 Å². The zero-order valence-corrected chi connectivity index (χ0v) is 12.9. The molecular weight excluding hydrogens is 250 g/mol. The summed E-state index contributed by atoms with van der Waals surface area (Å²) in [6.45, 7) is 7.39. The maximum absolute atomic E-state index is 6.14. The van der Waals surface area contributed by atoms with Gasteiger partial charge in [-0.15, -0.1) is 0 Å². The highest BCUT2D eigenvalue weighted by Crippen LogP contribution is 2.33. The molecule has 20 heavy (non-hydrogen) atoms. The van der Waals surface area contributed by atoms with Crippen molar-refractivity contribution in [3.8, 4) is 11.5 Å². The van der Waals surface area contributed by atoms with Gasteiger partial charge in [0.15, 0.2) is 0 Å². The predicted molar refractivity (Wildman–Crippen MR) is 83.2 cm³/mol. The quantitative estimate of drug-likeness (QED) is 0.818. The van der Waals surface area contributed by atoms with Crippen molar-refractivity contribution in [2.24, 2.45) is 11.8 Å². The molecule has 0 aliphatic heterocycles. The summed E-state index contributed by atoms with van der Waals surface area (Å²) in [5.74, 6) is 3.10. The number of hydrogen-bond acceptors (Lipinski definition) is 3. The molecular formula is C17H27NO2. The third kappa shape index (κ3) is 4.06. The van der Waals surface area contributed by atoms with E-state index in [1.54, 1.807) is 0 Å². The Labute approximate surface area is 122 Å². The molecule has 2 atom stereocenters. The lowest BCUT2D eigenvalue weighted by Gasteiger charge is -2.31. The van der Waals surface area contributed by atoms with Crippen LogP contribution in [0.15, 0.2) is 18.2 Å². The van der Waals surface area contributed by atoms with Gasteiger partial charge in [0.25, 0.3) is 0 Å². The molecule has 1 aromatic rings. The fraction of sp³-hybridized carbons (Fsp3) is 0.647. The molecule has 0 radical (unpaired) electrons. The second kappa shape index (κ2) is 6.87. The normalized spacial score (nSPS) is 26.2. The highest BCUT2D eigenvalue weighted by atomic mass is 16.5. The Kier molecular flexibility index (Phi) is 5.16. The van der Waals surface area contributed by atoms with E-state index in [0.717, 1.165) is 42.6 Å². The van der Waals surface area contributed by atoms with E-state index in [-0.39, 0.29) is 0 Å². The lowest BCUT2D eigenvalue weighted by Crippen LogP contribution is -2.28. The summed E-state index contributed by atoms with van der Waals surface area (Å²) in [6, 6.07) is 5.74. The highest BCUT2D eigenvalue weighted by Gasteiger charge is 2.25. The van der Waals surface area contributed by atoms with Crippen molar-refractivity contribution < 1.29 is 9.47 Å². The van der Waals surface area contributed by atoms with Crippen molar-refractivity contribution in [2.45, 2.75) is 52.6 Å². The van der Waals surface area contributed by atoms with Crippen LogP contribution in [0.2, 0.25) is 0 Å². The van der Waals surface area contributed by atoms with Gasteiger partial charge in [-0.25, -0.2) is 0 Å². The molecule has 0 spiro atoms. The average molecular weight is 277 g/mol. The van der Waals surface area contributed by atoms with Gasteiger partial charge in [0.2, 0.25) is 0 Å². The van der Waals surface area contributed by atoms with Gasteiger partial charge in [-0.3, -0.25) is 0 Å². The van der Waals surface area contributed by atoms with Crippen LogP contribution in [0.1, 0.15) is 46.5 Å². The van der Waals surface area contributed by atoms with Crippen molar-refractivity contribution in [2.75, 3.05) is 12.3 Å². The lowest BCUT2D eigenvalue weighted by atomic mass is 9.82. The van der Waals surface area contributed by atoms with E-state index in [9.17, 15) is 0 Å². The Morgan fingerprint density at radius 3 is 2.50 bits per heavy atom. The Morgan fingerprint density at radius 2 is 1.85 bits per heavy atom. The number of benzene rings is 1. The monoisotopic (exact) mass is 277 g/mol. The van der Waals surface area contributed by atoms with Crippen molar-refractivity contribution in [3.63, 3.8) is 0 Å². The molecule has 0 saturated heterocycles. The first-order chi connectivity index (χ1) is 9.58. The van der Waals surface area contributed by atoms with Gasteiger partial charge < -0.3 is 15.2 Å². The van der Waals surface area contributed by atoms with Gasteiger partial charge in [-0.05, 0) is 49.7 Å². The molecule has 2 N–H and O–H groups in total. The molecule has 3 heteroatoms. The molecule has 2 rings (SSSR count). The Morgan fingerprint density at radius 1 is 1.15 bits per heavy atom. The molecule has 1 aliphatic carbocycles. The predicted octanol–water partition coefficient (Wildman–Crippen LogP) is 4.26. The summed E-state index contributed by atoms with van der Waals surface area (Å²) in [7, 11) is 0. The molecule has 2 unspecified atom stereocenters. The van der Waals surface area contributed by atoms with Crippen LogP contribution >= 0.6 is 0 Å². The molecule has 3 nitrogen and oxygen atoms in total. The van der Waals surface area contributed by atoms with E-state index in [2.05, 4.69) is 20.8 Å². The molecule has 1 fully saturated rings. The van der Waals surface area contributed by atoms with Crippen LogP contribution in [-0.2, 0) is 0 Å². The van der Waals surface area contributed by atoms with Gasteiger partial charge in [0.1, 0.15) is 11.5 Å². The van der Waals surface area contributed by atoms with E-state index >= 15 is 0 Å². The Balaban J connectivity index is 2.01. The zero-order valence-electron chi connectivity index (χ0n) is 12.9. The minimum Gasteiger partial charge on any atom is -0.491 e. The number of rotatable bonds is 5. The van der Waals surface area contributed by atoms with E-state index in [1.165, 1.54) is 6.42 Å². The van der Waals surface area contributed by atoms with Gasteiger partial charge >= 0.3 is 0 Å². The number of nitrogens with two attached hydrogens (primary N) is 1. The van der Waals surface area contributed by atoms with Gasteiger partial charge in [0, 0.05) is 6.07 Å². The summed E-state index contributed by atoms with van der Waals surface area (Å²) < 4.78 is 11.8. The van der Waals surface area contributed by atoms with Crippen LogP contribution in [0.3, 0.4) is 0 Å².